The first-order valence-corrected chi connectivity index (χ1v) is 4.82. The van der Waals surface area contributed by atoms with E-state index in [0.29, 0.717) is 13.2 Å². The lowest BCUT2D eigenvalue weighted by molar-refractivity contribution is 0.146. The fraction of sp³-hybridized carbons (Fsp3) is 0.333. The third-order valence-electron chi connectivity index (χ3n) is 1.67. The fourth-order valence-electron chi connectivity index (χ4n) is 0.835. The molecule has 0 amide bonds. The zero-order valence-electron chi connectivity index (χ0n) is 9.39. The van der Waals surface area contributed by atoms with E-state index in [0.717, 1.165) is 6.54 Å². The maximum Gasteiger partial charge on any atom is 0.129 e. The van der Waals surface area contributed by atoms with Crippen molar-refractivity contribution in [2.45, 2.75) is 0 Å². The van der Waals surface area contributed by atoms with Crippen LogP contribution in [0.2, 0.25) is 0 Å². The number of hydrogen-bond acceptors (Lipinski definition) is 4. The van der Waals surface area contributed by atoms with Crippen molar-refractivity contribution >= 4 is 0 Å². The van der Waals surface area contributed by atoms with Crippen LogP contribution in [0, 0.1) is 22.7 Å². The minimum atomic E-state index is 0.0903. The number of nitriles is 2. The van der Waals surface area contributed by atoms with Gasteiger partial charge in [0.25, 0.3) is 0 Å². The second kappa shape index (κ2) is 9.51. The Kier molecular flexibility index (Phi) is 8.30. The van der Waals surface area contributed by atoms with Crippen LogP contribution in [-0.2, 0) is 4.74 Å². The highest BCUT2D eigenvalue weighted by Gasteiger charge is 1.91. The molecule has 84 valence electrons. The molecule has 0 N–H and O–H groups in total. The lowest BCUT2D eigenvalue weighted by Gasteiger charge is -2.12. The van der Waals surface area contributed by atoms with E-state index >= 15 is 0 Å². The van der Waals surface area contributed by atoms with E-state index < -0.39 is 0 Å². The molecule has 0 unspecified atom stereocenters. The normalized spacial score (nSPS) is 9.19. The zero-order chi connectivity index (χ0) is 12.2. The van der Waals surface area contributed by atoms with E-state index in [-0.39, 0.29) is 5.57 Å². The number of hydrogen-bond donors (Lipinski definition) is 0. The molecular formula is C12H15N3O. The summed E-state index contributed by atoms with van der Waals surface area (Å²) in [6.07, 6.45) is 6.62. The molecule has 0 heterocycles. The Hall–Kier alpha value is -2.04. The summed E-state index contributed by atoms with van der Waals surface area (Å²) >= 11 is 0. The number of ether oxygens (including phenoxy) is 1. The third kappa shape index (κ3) is 7.37. The average molecular weight is 217 g/mol. The Morgan fingerprint density at radius 3 is 2.69 bits per heavy atom. The van der Waals surface area contributed by atoms with Gasteiger partial charge in [0.1, 0.15) is 17.7 Å². The van der Waals surface area contributed by atoms with Crippen molar-refractivity contribution in [2.75, 3.05) is 26.8 Å². The van der Waals surface area contributed by atoms with E-state index in [1.54, 1.807) is 30.5 Å². The highest BCUT2D eigenvalue weighted by molar-refractivity contribution is 5.37. The van der Waals surface area contributed by atoms with E-state index in [9.17, 15) is 0 Å². The summed E-state index contributed by atoms with van der Waals surface area (Å²) < 4.78 is 5.21. The molecule has 0 aliphatic heterocycles. The molecule has 0 spiro atoms. The SMILES string of the molecule is C=CCOCCN(C)C=CC=C(C#N)C#N. The van der Waals surface area contributed by atoms with Crippen LogP contribution in [0.15, 0.2) is 36.6 Å². The third-order valence-corrected chi connectivity index (χ3v) is 1.67. The van der Waals surface area contributed by atoms with Crippen molar-refractivity contribution in [3.8, 4) is 12.1 Å². The molecule has 0 atom stereocenters. The second-order valence-electron chi connectivity index (χ2n) is 2.99. The minimum Gasteiger partial charge on any atom is -0.378 e. The van der Waals surface area contributed by atoms with Crippen LogP contribution in [0.1, 0.15) is 0 Å². The molecule has 0 radical (unpaired) electrons. The molecular weight excluding hydrogens is 202 g/mol. The van der Waals surface area contributed by atoms with Crippen LogP contribution in [-0.4, -0.2) is 31.7 Å². The Morgan fingerprint density at radius 1 is 1.44 bits per heavy atom. The van der Waals surface area contributed by atoms with Crippen molar-refractivity contribution in [1.29, 1.82) is 10.5 Å². The summed E-state index contributed by atoms with van der Waals surface area (Å²) in [5.74, 6) is 0. The van der Waals surface area contributed by atoms with Crippen molar-refractivity contribution in [2.24, 2.45) is 0 Å². The van der Waals surface area contributed by atoms with Gasteiger partial charge >= 0.3 is 0 Å². The maximum absolute atomic E-state index is 8.47. The largest absolute Gasteiger partial charge is 0.378 e. The van der Waals surface area contributed by atoms with Gasteiger partial charge in [-0.3, -0.25) is 0 Å². The van der Waals surface area contributed by atoms with Gasteiger partial charge in [0, 0.05) is 13.6 Å². The van der Waals surface area contributed by atoms with Crippen LogP contribution in [0.25, 0.3) is 0 Å². The maximum atomic E-state index is 8.47. The van der Waals surface area contributed by atoms with Crippen LogP contribution in [0.5, 0.6) is 0 Å². The Labute approximate surface area is 96.3 Å². The molecule has 0 saturated heterocycles. The average Bonchev–Trinajstić information content (AvgIpc) is 2.30. The number of likely N-dealkylation sites (N-methyl/N-ethyl adjacent to an activating group) is 1. The smallest absolute Gasteiger partial charge is 0.129 e. The minimum absolute atomic E-state index is 0.0903. The van der Waals surface area contributed by atoms with Gasteiger partial charge in [0.2, 0.25) is 0 Å². The molecule has 0 aliphatic carbocycles. The molecule has 0 rings (SSSR count). The van der Waals surface area contributed by atoms with Crippen molar-refractivity contribution in [3.63, 3.8) is 0 Å². The fourth-order valence-corrected chi connectivity index (χ4v) is 0.835. The van der Waals surface area contributed by atoms with Gasteiger partial charge in [-0.05, 0) is 18.4 Å². The molecule has 0 aliphatic rings. The van der Waals surface area contributed by atoms with Crippen LogP contribution < -0.4 is 0 Å². The van der Waals surface area contributed by atoms with Gasteiger partial charge in [-0.2, -0.15) is 10.5 Å². The first-order valence-electron chi connectivity index (χ1n) is 4.82. The first kappa shape index (κ1) is 14.0. The summed E-state index contributed by atoms with van der Waals surface area (Å²) in [7, 11) is 1.89. The molecule has 0 aromatic heterocycles. The van der Waals surface area contributed by atoms with Crippen LogP contribution >= 0.6 is 0 Å². The molecule has 0 saturated carbocycles. The van der Waals surface area contributed by atoms with Crippen LogP contribution in [0.3, 0.4) is 0 Å². The lowest BCUT2D eigenvalue weighted by atomic mass is 10.3. The molecule has 4 heteroatoms. The summed E-state index contributed by atoms with van der Waals surface area (Å²) in [6, 6.07) is 3.56. The van der Waals surface area contributed by atoms with E-state index in [2.05, 4.69) is 6.58 Å². The van der Waals surface area contributed by atoms with Crippen LogP contribution in [0.4, 0.5) is 0 Å². The Balaban J connectivity index is 3.88. The predicted molar refractivity (Wildman–Crippen MR) is 62.1 cm³/mol. The topological polar surface area (TPSA) is 60.0 Å². The number of rotatable bonds is 7. The van der Waals surface area contributed by atoms with E-state index in [4.69, 9.17) is 15.3 Å². The molecule has 0 fully saturated rings. The predicted octanol–water partition coefficient (Wildman–Crippen LogP) is 1.61. The summed E-state index contributed by atoms with van der Waals surface area (Å²) in [6.45, 7) is 5.44. The molecule has 0 bridgehead atoms. The van der Waals surface area contributed by atoms with Gasteiger partial charge in [-0.15, -0.1) is 6.58 Å². The lowest BCUT2D eigenvalue weighted by Crippen LogP contribution is -2.17. The molecule has 16 heavy (non-hydrogen) atoms. The monoisotopic (exact) mass is 217 g/mol. The summed E-state index contributed by atoms with van der Waals surface area (Å²) in [5, 5.41) is 16.9. The van der Waals surface area contributed by atoms with Gasteiger partial charge in [-0.1, -0.05) is 6.08 Å². The van der Waals surface area contributed by atoms with E-state index in [1.807, 2.05) is 11.9 Å². The molecule has 4 nitrogen and oxygen atoms in total. The van der Waals surface area contributed by atoms with Gasteiger partial charge in [0.05, 0.1) is 13.2 Å². The van der Waals surface area contributed by atoms with Crippen molar-refractivity contribution in [1.82, 2.24) is 4.90 Å². The molecule has 0 aromatic rings. The highest BCUT2D eigenvalue weighted by atomic mass is 16.5. The Morgan fingerprint density at radius 2 is 2.12 bits per heavy atom. The van der Waals surface area contributed by atoms with Gasteiger partial charge in [0.15, 0.2) is 0 Å². The van der Waals surface area contributed by atoms with Crippen molar-refractivity contribution < 1.29 is 4.74 Å². The first-order chi connectivity index (χ1) is 7.74. The van der Waals surface area contributed by atoms with E-state index in [1.165, 1.54) is 6.08 Å². The summed E-state index contributed by atoms with van der Waals surface area (Å²) in [5.41, 5.74) is 0.0903. The zero-order valence-corrected chi connectivity index (χ0v) is 9.39. The summed E-state index contributed by atoms with van der Waals surface area (Å²) in [4.78, 5) is 1.91. The quantitative estimate of drug-likeness (QED) is 0.281. The number of allylic oxidation sites excluding steroid dienone is 3. The van der Waals surface area contributed by atoms with Gasteiger partial charge < -0.3 is 9.64 Å². The second-order valence-corrected chi connectivity index (χ2v) is 2.99. The van der Waals surface area contributed by atoms with Crippen molar-refractivity contribution in [3.05, 3.63) is 36.6 Å². The highest BCUT2D eigenvalue weighted by Crippen LogP contribution is 1.92. The standard InChI is InChI=1S/C12H15N3O/c1-3-8-16-9-7-15(2)6-4-5-12(10-13)11-14/h3-6H,1,7-9H2,2H3. The number of nitrogens with zero attached hydrogens (tertiary/aromatic N) is 3. The van der Waals surface area contributed by atoms with Gasteiger partial charge in [-0.25, -0.2) is 0 Å². The molecule has 0 aromatic carbocycles. The Bertz CT molecular complexity index is 328.